The fourth-order valence-corrected chi connectivity index (χ4v) is 4.31. The first-order chi connectivity index (χ1) is 12.2. The van der Waals surface area contributed by atoms with Gasteiger partial charge in [0.1, 0.15) is 0 Å². The molecule has 4 nitrogen and oxygen atoms in total. The maximum absolute atomic E-state index is 5.87. The molecule has 0 N–H and O–H groups in total. The lowest BCUT2D eigenvalue weighted by Crippen LogP contribution is -2.32. The van der Waals surface area contributed by atoms with Crippen molar-refractivity contribution in [3.8, 4) is 5.88 Å². The Morgan fingerprint density at radius 3 is 2.92 bits per heavy atom. The van der Waals surface area contributed by atoms with Gasteiger partial charge in [0.2, 0.25) is 5.88 Å². The number of ether oxygens (including phenoxy) is 2. The molecule has 1 aliphatic heterocycles. The van der Waals surface area contributed by atoms with Crippen molar-refractivity contribution >= 4 is 11.3 Å². The van der Waals surface area contributed by atoms with Crippen LogP contribution in [-0.2, 0) is 17.7 Å². The number of hydrogen-bond acceptors (Lipinski definition) is 5. The Balaban J connectivity index is 1.59. The third kappa shape index (κ3) is 5.03. The first-order valence-electron chi connectivity index (χ1n) is 9.04. The quantitative estimate of drug-likeness (QED) is 0.677. The van der Waals surface area contributed by atoms with Gasteiger partial charge in [0.25, 0.3) is 0 Å². The van der Waals surface area contributed by atoms with Crippen LogP contribution >= 0.6 is 11.3 Å². The second-order valence-electron chi connectivity index (χ2n) is 6.89. The van der Waals surface area contributed by atoms with E-state index in [4.69, 9.17) is 9.47 Å². The Morgan fingerprint density at radius 1 is 1.32 bits per heavy atom. The molecule has 0 amide bonds. The number of likely N-dealkylation sites (tertiary alicyclic amines) is 1. The van der Waals surface area contributed by atoms with Crippen molar-refractivity contribution < 1.29 is 9.47 Å². The number of thiophene rings is 1. The van der Waals surface area contributed by atoms with Gasteiger partial charge in [-0.3, -0.25) is 4.90 Å². The predicted molar refractivity (Wildman–Crippen MR) is 102 cm³/mol. The van der Waals surface area contributed by atoms with Crippen LogP contribution in [0, 0.1) is 5.41 Å². The summed E-state index contributed by atoms with van der Waals surface area (Å²) in [6.07, 6.45) is 5.49. The Hall–Kier alpha value is -1.43. The van der Waals surface area contributed by atoms with Gasteiger partial charge in [-0.1, -0.05) is 12.1 Å². The summed E-state index contributed by atoms with van der Waals surface area (Å²) in [6.45, 7) is 6.93. The van der Waals surface area contributed by atoms with Crippen molar-refractivity contribution in [3.05, 3.63) is 46.3 Å². The molecule has 2 aromatic heterocycles. The van der Waals surface area contributed by atoms with Gasteiger partial charge in [-0.2, -0.15) is 0 Å². The number of hydrogen-bond donors (Lipinski definition) is 0. The van der Waals surface area contributed by atoms with E-state index in [-0.39, 0.29) is 5.41 Å². The molecule has 5 heteroatoms. The maximum Gasteiger partial charge on any atom is 0.212 e. The first kappa shape index (κ1) is 18.4. The minimum atomic E-state index is 0.278. The Kier molecular flexibility index (Phi) is 6.45. The zero-order chi connectivity index (χ0) is 17.5. The Bertz CT molecular complexity index is 630. The molecule has 0 aliphatic carbocycles. The molecular formula is C20H28N2O2S. The molecule has 0 spiro atoms. The third-order valence-electron chi connectivity index (χ3n) is 5.02. The highest BCUT2D eigenvalue weighted by molar-refractivity contribution is 7.09. The van der Waals surface area contributed by atoms with E-state index in [0.29, 0.717) is 5.88 Å². The highest BCUT2D eigenvalue weighted by atomic mass is 32.1. The molecule has 0 bridgehead atoms. The van der Waals surface area contributed by atoms with Crippen LogP contribution in [0.3, 0.4) is 0 Å². The lowest BCUT2D eigenvalue weighted by Gasteiger charge is -2.29. The number of pyridine rings is 1. The number of methoxy groups -OCH3 is 1. The minimum Gasteiger partial charge on any atom is -0.481 e. The predicted octanol–water partition coefficient (Wildman–Crippen LogP) is 4.01. The van der Waals surface area contributed by atoms with Gasteiger partial charge in [-0.25, -0.2) is 4.98 Å². The van der Waals surface area contributed by atoms with Crippen LogP contribution in [-0.4, -0.2) is 43.3 Å². The molecule has 3 heterocycles. The summed E-state index contributed by atoms with van der Waals surface area (Å²) in [7, 11) is 1.65. The molecule has 1 aliphatic rings. The molecule has 1 atom stereocenters. The summed E-state index contributed by atoms with van der Waals surface area (Å²) in [5, 5.41) is 2.17. The number of nitrogens with zero attached hydrogens (tertiary/aromatic N) is 2. The topological polar surface area (TPSA) is 34.6 Å². The lowest BCUT2D eigenvalue weighted by atomic mass is 9.83. The van der Waals surface area contributed by atoms with Crippen molar-refractivity contribution in [2.45, 2.75) is 32.7 Å². The van der Waals surface area contributed by atoms with E-state index < -0.39 is 0 Å². The fourth-order valence-electron chi connectivity index (χ4n) is 3.60. The van der Waals surface area contributed by atoms with Crippen molar-refractivity contribution in [1.29, 1.82) is 0 Å². The van der Waals surface area contributed by atoms with Gasteiger partial charge < -0.3 is 9.47 Å². The average Bonchev–Trinajstić information content (AvgIpc) is 3.30. The Morgan fingerprint density at radius 2 is 2.24 bits per heavy atom. The van der Waals surface area contributed by atoms with Crippen LogP contribution in [0.2, 0.25) is 0 Å². The van der Waals surface area contributed by atoms with E-state index in [2.05, 4.69) is 40.4 Å². The zero-order valence-electron chi connectivity index (χ0n) is 15.2. The highest BCUT2D eigenvalue weighted by Crippen LogP contribution is 2.37. The van der Waals surface area contributed by atoms with Gasteiger partial charge in [-0.05, 0) is 49.7 Å². The zero-order valence-corrected chi connectivity index (χ0v) is 16.1. The fraction of sp³-hybridized carbons (Fsp3) is 0.550. The summed E-state index contributed by atoms with van der Waals surface area (Å²) < 4.78 is 11.0. The summed E-state index contributed by atoms with van der Waals surface area (Å²) in [5.74, 6) is 0.673. The van der Waals surface area contributed by atoms with E-state index in [1.807, 2.05) is 23.6 Å². The van der Waals surface area contributed by atoms with Crippen LogP contribution in [0.5, 0.6) is 5.88 Å². The van der Waals surface area contributed by atoms with Gasteiger partial charge in [-0.15, -0.1) is 11.3 Å². The maximum atomic E-state index is 5.87. The molecule has 0 radical (unpaired) electrons. The Labute approximate surface area is 154 Å². The lowest BCUT2D eigenvalue weighted by molar-refractivity contribution is 0.0490. The molecule has 1 fully saturated rings. The van der Waals surface area contributed by atoms with Gasteiger partial charge in [0, 0.05) is 42.3 Å². The van der Waals surface area contributed by atoms with E-state index in [1.165, 1.54) is 23.3 Å². The van der Waals surface area contributed by atoms with Gasteiger partial charge in [0.05, 0.1) is 13.7 Å². The summed E-state index contributed by atoms with van der Waals surface area (Å²) in [6, 6.07) is 8.44. The monoisotopic (exact) mass is 360 g/mol. The summed E-state index contributed by atoms with van der Waals surface area (Å²) >= 11 is 1.86. The SMILES string of the molecule is CCOC[C@@]1(CCc2cccs2)CCN(Cc2ccc(OC)nc2)C1. The molecule has 0 saturated carbocycles. The second kappa shape index (κ2) is 8.79. The molecule has 0 aromatic carbocycles. The average molecular weight is 361 g/mol. The van der Waals surface area contributed by atoms with Gasteiger partial charge in [0.15, 0.2) is 0 Å². The number of aromatic nitrogens is 1. The van der Waals surface area contributed by atoms with E-state index in [1.54, 1.807) is 7.11 Å². The normalized spacial score (nSPS) is 20.9. The molecule has 1 saturated heterocycles. The number of aryl methyl sites for hydroxylation is 1. The summed E-state index contributed by atoms with van der Waals surface area (Å²) in [5.41, 5.74) is 1.52. The smallest absolute Gasteiger partial charge is 0.212 e. The molecule has 2 aromatic rings. The standard InChI is InChI=1S/C20H28N2O2S/c1-3-24-16-20(9-8-18-5-4-12-25-18)10-11-22(15-20)14-17-6-7-19(23-2)21-13-17/h4-7,12-13H,3,8-11,14-16H2,1-2H3/t20-/m0/s1. The summed E-state index contributed by atoms with van der Waals surface area (Å²) in [4.78, 5) is 8.34. The highest BCUT2D eigenvalue weighted by Gasteiger charge is 2.38. The van der Waals surface area contributed by atoms with Crippen molar-refractivity contribution in [3.63, 3.8) is 0 Å². The van der Waals surface area contributed by atoms with Crippen LogP contribution in [0.25, 0.3) is 0 Å². The first-order valence-corrected chi connectivity index (χ1v) is 9.92. The van der Waals surface area contributed by atoms with E-state index >= 15 is 0 Å². The molecule has 25 heavy (non-hydrogen) atoms. The minimum absolute atomic E-state index is 0.278. The van der Waals surface area contributed by atoms with Crippen molar-refractivity contribution in [1.82, 2.24) is 9.88 Å². The molecule has 136 valence electrons. The second-order valence-corrected chi connectivity index (χ2v) is 7.92. The molecule has 3 rings (SSSR count). The van der Waals surface area contributed by atoms with E-state index in [0.717, 1.165) is 39.3 Å². The van der Waals surface area contributed by atoms with Crippen LogP contribution in [0.15, 0.2) is 35.8 Å². The molecule has 0 unspecified atom stereocenters. The van der Waals surface area contributed by atoms with Crippen LogP contribution in [0.1, 0.15) is 30.2 Å². The van der Waals surface area contributed by atoms with Crippen molar-refractivity contribution in [2.75, 3.05) is 33.4 Å². The van der Waals surface area contributed by atoms with Crippen LogP contribution < -0.4 is 4.74 Å². The number of rotatable bonds is 9. The molecular weight excluding hydrogens is 332 g/mol. The van der Waals surface area contributed by atoms with E-state index in [9.17, 15) is 0 Å². The third-order valence-corrected chi connectivity index (χ3v) is 5.96. The largest absolute Gasteiger partial charge is 0.481 e. The van der Waals surface area contributed by atoms with Gasteiger partial charge >= 0.3 is 0 Å². The van der Waals surface area contributed by atoms with Crippen molar-refractivity contribution in [2.24, 2.45) is 5.41 Å². The van der Waals surface area contributed by atoms with Crippen LogP contribution in [0.4, 0.5) is 0 Å².